The maximum Gasteiger partial charge on any atom is 0.306 e. The fourth-order valence-electron chi connectivity index (χ4n) is 16.0. The molecule has 0 spiro atoms. The van der Waals surface area contributed by atoms with E-state index >= 15 is 0 Å². The summed E-state index contributed by atoms with van der Waals surface area (Å²) in [5.74, 6) is 11.6. The second-order valence-electron chi connectivity index (χ2n) is 22.6. The Balaban J connectivity index is 0.000000119. The predicted octanol–water partition coefficient (Wildman–Crippen LogP) is 13.7. The van der Waals surface area contributed by atoms with E-state index in [9.17, 15) is 14.7 Å². The van der Waals surface area contributed by atoms with Crippen molar-refractivity contribution in [2.45, 2.75) is 173 Å². The minimum Gasteiger partial charge on any atom is -0.491 e. The van der Waals surface area contributed by atoms with E-state index in [0.29, 0.717) is 47.7 Å². The zero-order chi connectivity index (χ0) is 46.1. The molecule has 1 amide bonds. The minimum absolute atomic E-state index is 0.122. The van der Waals surface area contributed by atoms with Crippen LogP contribution in [-0.4, -0.2) is 46.2 Å². The number of hydrogen-bond donors (Lipinski definition) is 1. The lowest BCUT2D eigenvalue weighted by atomic mass is 9.70. The van der Waals surface area contributed by atoms with Gasteiger partial charge in [-0.3, -0.25) is 9.59 Å². The summed E-state index contributed by atoms with van der Waals surface area (Å²) in [5.41, 5.74) is 2.74. The number of carbonyl (C=O) groups is 2. The Morgan fingerprint density at radius 2 is 1.00 bits per heavy atom. The van der Waals surface area contributed by atoms with Crippen molar-refractivity contribution >= 4 is 11.9 Å². The summed E-state index contributed by atoms with van der Waals surface area (Å²) in [4.78, 5) is 24.5. The third-order valence-electron chi connectivity index (χ3n) is 19.0. The number of allylic oxidation sites excluding steroid dienone is 4. The number of carboxylic acid groups (broad SMARTS) is 1. The molecule has 0 aromatic rings. The second-order valence-corrected chi connectivity index (χ2v) is 22.6. The molecule has 11 aliphatic rings. The van der Waals surface area contributed by atoms with Crippen LogP contribution in [0.4, 0.5) is 0 Å². The molecule has 11 rings (SSSR count). The highest BCUT2D eigenvalue weighted by atomic mass is 16.5. The first-order valence-electron chi connectivity index (χ1n) is 26.2. The van der Waals surface area contributed by atoms with Gasteiger partial charge in [0, 0.05) is 17.8 Å². The van der Waals surface area contributed by atoms with Gasteiger partial charge in [-0.1, -0.05) is 91.0 Å². The van der Waals surface area contributed by atoms with Crippen molar-refractivity contribution in [3.05, 3.63) is 98.4 Å². The molecule has 65 heavy (non-hydrogen) atoms. The number of carbonyl (C=O) groups excluding carboxylic acids is 1. The molecule has 0 aromatic heterocycles. The minimum atomic E-state index is -0.613. The smallest absolute Gasteiger partial charge is 0.306 e. The molecule has 10 fully saturated rings. The third kappa shape index (κ3) is 10.3. The first-order chi connectivity index (χ1) is 31.2. The van der Waals surface area contributed by atoms with Crippen molar-refractivity contribution < 1.29 is 28.9 Å². The van der Waals surface area contributed by atoms with Gasteiger partial charge in [-0.2, -0.15) is 0 Å². The van der Waals surface area contributed by atoms with Crippen LogP contribution >= 0.6 is 0 Å². The van der Waals surface area contributed by atoms with Gasteiger partial charge in [-0.15, -0.1) is 0 Å². The first-order valence-corrected chi connectivity index (χ1v) is 26.2. The molecule has 1 N–H and O–H groups in total. The number of hydrogen-bond acceptors (Lipinski definition) is 5. The highest BCUT2D eigenvalue weighted by Gasteiger charge is 2.58. The molecule has 0 radical (unpaired) electrons. The average Bonchev–Trinajstić information content (AvgIpc) is 4.18. The van der Waals surface area contributed by atoms with Gasteiger partial charge in [-0.05, 0) is 198 Å². The SMILES string of the molecule is C=C(C)C(=C)OC1CC2CC1C1CC(C(=O)O)CC21.C=C(C)C(=C)OC1CC2CC1C1CCCCC21.C=C1C=CC(=O)N1C1CCCCC1.C=CC(=C)OC1CC2CC1C1CCCCC21. The summed E-state index contributed by atoms with van der Waals surface area (Å²) >= 11 is 0. The molecule has 10 aliphatic carbocycles. The van der Waals surface area contributed by atoms with E-state index in [1.54, 1.807) is 12.2 Å². The van der Waals surface area contributed by atoms with Gasteiger partial charge in [0.2, 0.25) is 0 Å². The average molecular weight is 890 g/mol. The molecule has 356 valence electrons. The van der Waals surface area contributed by atoms with Gasteiger partial charge in [0.1, 0.15) is 35.6 Å². The van der Waals surface area contributed by atoms with Crippen LogP contribution in [0, 0.1) is 76.9 Å². The zero-order valence-electron chi connectivity index (χ0n) is 40.3. The number of aliphatic carboxylic acids is 1. The number of rotatable bonds is 11. The first kappa shape index (κ1) is 47.7. The van der Waals surface area contributed by atoms with Crippen molar-refractivity contribution in [2.24, 2.45) is 76.9 Å². The summed E-state index contributed by atoms with van der Waals surface area (Å²) in [5, 5.41) is 9.19. The van der Waals surface area contributed by atoms with E-state index in [1.165, 1.54) is 103 Å². The topological polar surface area (TPSA) is 85.3 Å². The molecule has 6 bridgehead atoms. The maximum absolute atomic E-state index is 11.5. The number of fused-ring (bicyclic) bond motifs is 15. The molecular formula is C58H83NO6. The van der Waals surface area contributed by atoms with Gasteiger partial charge in [0.05, 0.1) is 5.92 Å². The van der Waals surface area contributed by atoms with E-state index in [4.69, 9.17) is 14.2 Å². The summed E-state index contributed by atoms with van der Waals surface area (Å²) < 4.78 is 18.0. The molecule has 16 unspecified atom stereocenters. The molecule has 7 heteroatoms. The largest absolute Gasteiger partial charge is 0.491 e. The Labute approximate surface area is 392 Å². The molecule has 0 aromatic carbocycles. The number of amides is 1. The van der Waals surface area contributed by atoms with E-state index in [2.05, 4.69) is 46.1 Å². The van der Waals surface area contributed by atoms with Crippen molar-refractivity contribution in [1.82, 2.24) is 4.90 Å². The molecule has 1 heterocycles. The van der Waals surface area contributed by atoms with Crippen molar-refractivity contribution in [2.75, 3.05) is 0 Å². The van der Waals surface area contributed by atoms with Gasteiger partial charge in [0.25, 0.3) is 5.91 Å². The number of ether oxygens (including phenoxy) is 3. The van der Waals surface area contributed by atoms with Gasteiger partial charge in [-0.25, -0.2) is 0 Å². The van der Waals surface area contributed by atoms with Crippen LogP contribution in [-0.2, 0) is 23.8 Å². The normalized spacial score (nSPS) is 39.9. The van der Waals surface area contributed by atoms with Crippen LogP contribution in [0.1, 0.15) is 149 Å². The van der Waals surface area contributed by atoms with Crippen LogP contribution in [0.5, 0.6) is 0 Å². The summed E-state index contributed by atoms with van der Waals surface area (Å²) in [6, 6.07) is 0.420. The van der Waals surface area contributed by atoms with Crippen LogP contribution < -0.4 is 0 Å². The Hall–Kier alpha value is -3.74. The van der Waals surface area contributed by atoms with E-state index < -0.39 is 5.97 Å². The molecule has 10 saturated carbocycles. The lowest BCUT2D eigenvalue weighted by Gasteiger charge is -2.39. The van der Waals surface area contributed by atoms with E-state index in [1.807, 2.05) is 24.8 Å². The summed E-state index contributed by atoms with van der Waals surface area (Å²) in [6.07, 6.45) is 33.5. The van der Waals surface area contributed by atoms with Crippen molar-refractivity contribution in [1.29, 1.82) is 0 Å². The standard InChI is InChI=1S/C16H22O3.C16H24O.C15H22O.C11H15NO/c1-8(2)9(3)19-15-7-10-4-14(15)13-6-11(16(17)18)5-12(10)13;1-10(2)11(3)17-16-9-12-8-15(16)14-7-5-4-6-13(12)14;1-3-10(2)16-15-9-11-8-14(15)13-7-5-4-6-12(11)13;1-9-7-8-11(13)12(9)10-5-3-2-4-6-10/h10-15H,1,3-7H2,2H3,(H,17,18);12-16H,1,3-9H2,2H3;3,11-15H,1-2,4-9H2;7-8,10H,1-6H2. The number of nitrogens with zero attached hydrogens (tertiary/aromatic N) is 1. The maximum atomic E-state index is 11.5. The Morgan fingerprint density at radius 3 is 1.45 bits per heavy atom. The zero-order valence-corrected chi connectivity index (χ0v) is 40.3. The summed E-state index contributed by atoms with van der Waals surface area (Å²) in [6.45, 7) is 31.1. The molecular weight excluding hydrogens is 807 g/mol. The highest BCUT2D eigenvalue weighted by molar-refractivity contribution is 5.93. The lowest BCUT2D eigenvalue weighted by Crippen LogP contribution is -2.36. The predicted molar refractivity (Wildman–Crippen MR) is 261 cm³/mol. The Bertz CT molecular complexity index is 1870. The fourth-order valence-corrected chi connectivity index (χ4v) is 16.0. The molecule has 16 atom stereocenters. The van der Waals surface area contributed by atoms with Crippen molar-refractivity contribution in [3.63, 3.8) is 0 Å². The Kier molecular flexibility index (Phi) is 15.2. The quantitative estimate of drug-likeness (QED) is 0.164. The van der Waals surface area contributed by atoms with Crippen LogP contribution in [0.15, 0.2) is 98.4 Å². The molecule has 7 nitrogen and oxygen atoms in total. The van der Waals surface area contributed by atoms with Crippen molar-refractivity contribution in [3.8, 4) is 0 Å². The van der Waals surface area contributed by atoms with Crippen LogP contribution in [0.3, 0.4) is 0 Å². The van der Waals surface area contributed by atoms with Gasteiger partial charge in [0.15, 0.2) is 0 Å². The Morgan fingerprint density at radius 1 is 0.569 bits per heavy atom. The van der Waals surface area contributed by atoms with E-state index in [0.717, 1.165) is 108 Å². The third-order valence-corrected chi connectivity index (χ3v) is 19.0. The van der Waals surface area contributed by atoms with Gasteiger partial charge >= 0.3 is 5.97 Å². The fraction of sp³-hybridized carbons (Fsp3) is 0.690. The lowest BCUT2D eigenvalue weighted by molar-refractivity contribution is -0.141. The highest BCUT2D eigenvalue weighted by Crippen LogP contribution is 2.62. The molecule has 0 saturated heterocycles. The van der Waals surface area contributed by atoms with Crippen LogP contribution in [0.2, 0.25) is 0 Å². The van der Waals surface area contributed by atoms with E-state index in [-0.39, 0.29) is 17.9 Å². The monoisotopic (exact) mass is 890 g/mol. The second kappa shape index (κ2) is 20.6. The number of carboxylic acids is 1. The molecule has 1 aliphatic heterocycles. The van der Waals surface area contributed by atoms with Crippen LogP contribution in [0.25, 0.3) is 0 Å². The summed E-state index contributed by atoms with van der Waals surface area (Å²) in [7, 11) is 0. The van der Waals surface area contributed by atoms with Gasteiger partial charge < -0.3 is 24.2 Å².